The van der Waals surface area contributed by atoms with Gasteiger partial charge in [-0.15, -0.1) is 0 Å². The highest BCUT2D eigenvalue weighted by atomic mass is 19.1. The summed E-state index contributed by atoms with van der Waals surface area (Å²) in [6, 6.07) is 6.65. The zero-order valence-electron chi connectivity index (χ0n) is 9.70. The van der Waals surface area contributed by atoms with Gasteiger partial charge in [0.2, 0.25) is 0 Å². The van der Waals surface area contributed by atoms with Crippen molar-refractivity contribution in [2.24, 2.45) is 10.9 Å². The van der Waals surface area contributed by atoms with Gasteiger partial charge in [0, 0.05) is 24.8 Å². The third-order valence-electron chi connectivity index (χ3n) is 2.88. The molecule has 1 nitrogen and oxygen atoms in total. The van der Waals surface area contributed by atoms with E-state index in [4.69, 9.17) is 0 Å². The minimum Gasteiger partial charge on any atom is -0.265 e. The molecular weight excluding hydrogens is 201 g/mol. The molecular formula is C14H16FN. The van der Waals surface area contributed by atoms with Crippen molar-refractivity contribution in [2.45, 2.75) is 26.7 Å². The minimum absolute atomic E-state index is 0.182. The van der Waals surface area contributed by atoms with Crippen molar-refractivity contribution in [1.29, 1.82) is 0 Å². The fourth-order valence-electron chi connectivity index (χ4n) is 1.80. The van der Waals surface area contributed by atoms with E-state index < -0.39 is 0 Å². The molecule has 0 atom stereocenters. The maximum atomic E-state index is 12.7. The number of benzene rings is 1. The Hall–Kier alpha value is -1.44. The number of hydrogen-bond acceptors (Lipinski definition) is 1. The Bertz CT molecular complexity index is 427. The van der Waals surface area contributed by atoms with Crippen LogP contribution in [0.1, 0.15) is 25.8 Å². The smallest absolute Gasteiger partial charge is 0.123 e. The van der Waals surface area contributed by atoms with Crippen LogP contribution >= 0.6 is 0 Å². The van der Waals surface area contributed by atoms with E-state index >= 15 is 0 Å². The molecule has 1 aromatic carbocycles. The number of rotatable bonds is 3. The lowest BCUT2D eigenvalue weighted by Gasteiger charge is -2.06. The van der Waals surface area contributed by atoms with Crippen molar-refractivity contribution < 1.29 is 4.39 Å². The van der Waals surface area contributed by atoms with Gasteiger partial charge >= 0.3 is 0 Å². The van der Waals surface area contributed by atoms with Gasteiger partial charge in [-0.1, -0.05) is 26.0 Å². The Morgan fingerprint density at radius 2 is 1.94 bits per heavy atom. The molecule has 0 bridgehead atoms. The van der Waals surface area contributed by atoms with Gasteiger partial charge in [-0.2, -0.15) is 0 Å². The van der Waals surface area contributed by atoms with E-state index in [9.17, 15) is 4.39 Å². The van der Waals surface area contributed by atoms with Crippen molar-refractivity contribution in [3.63, 3.8) is 0 Å². The van der Waals surface area contributed by atoms with Gasteiger partial charge in [0.25, 0.3) is 0 Å². The van der Waals surface area contributed by atoms with Crippen LogP contribution in [-0.4, -0.2) is 5.71 Å². The van der Waals surface area contributed by atoms with Crippen molar-refractivity contribution in [1.82, 2.24) is 0 Å². The predicted molar refractivity (Wildman–Crippen MR) is 65.1 cm³/mol. The van der Waals surface area contributed by atoms with Gasteiger partial charge in [0.05, 0.1) is 0 Å². The van der Waals surface area contributed by atoms with Crippen molar-refractivity contribution in [2.75, 3.05) is 0 Å². The second-order valence-electron chi connectivity index (χ2n) is 4.53. The van der Waals surface area contributed by atoms with Crippen molar-refractivity contribution in [3.8, 4) is 0 Å². The molecule has 0 amide bonds. The maximum absolute atomic E-state index is 12.7. The summed E-state index contributed by atoms with van der Waals surface area (Å²) in [7, 11) is 0. The second-order valence-corrected chi connectivity index (χ2v) is 4.53. The van der Waals surface area contributed by atoms with Gasteiger partial charge in [-0.25, -0.2) is 4.39 Å². The van der Waals surface area contributed by atoms with Crippen molar-refractivity contribution in [3.05, 3.63) is 47.4 Å². The molecule has 1 aromatic rings. The average Bonchev–Trinajstić information content (AvgIpc) is 2.70. The van der Waals surface area contributed by atoms with Crippen LogP contribution in [0.25, 0.3) is 0 Å². The third-order valence-corrected chi connectivity index (χ3v) is 2.88. The van der Waals surface area contributed by atoms with Crippen LogP contribution < -0.4 is 0 Å². The standard InChI is InChI=1S/C14H16FN/c1-10(2)12-8-14(16-9-12)7-11-3-5-13(15)6-4-11/h3-6,9-10H,7-8H2,1-2H3. The number of allylic oxidation sites excluding steroid dienone is 1. The summed E-state index contributed by atoms with van der Waals surface area (Å²) in [5.41, 5.74) is 3.69. The first kappa shape index (κ1) is 11.1. The Balaban J connectivity index is 1.96. The number of halogens is 1. The Morgan fingerprint density at radius 3 is 2.50 bits per heavy atom. The highest BCUT2D eigenvalue weighted by Crippen LogP contribution is 2.21. The number of nitrogens with zero attached hydrogens (tertiary/aromatic N) is 1. The van der Waals surface area contributed by atoms with E-state index in [0.717, 1.165) is 18.4 Å². The van der Waals surface area contributed by atoms with E-state index in [0.29, 0.717) is 5.92 Å². The summed E-state index contributed by atoms with van der Waals surface area (Å²) < 4.78 is 12.7. The lowest BCUT2D eigenvalue weighted by Crippen LogP contribution is -2.03. The molecule has 0 aliphatic carbocycles. The largest absolute Gasteiger partial charge is 0.265 e. The molecule has 0 saturated heterocycles. The molecule has 0 saturated carbocycles. The molecule has 0 spiro atoms. The molecule has 0 fully saturated rings. The first-order valence-electron chi connectivity index (χ1n) is 5.64. The summed E-state index contributed by atoms with van der Waals surface area (Å²) in [4.78, 5) is 4.42. The SMILES string of the molecule is CC(C)C1=CN=C(Cc2ccc(F)cc2)C1. The van der Waals surface area contributed by atoms with Crippen LogP contribution in [0.15, 0.2) is 41.0 Å². The molecule has 84 valence electrons. The minimum atomic E-state index is -0.182. The molecule has 0 aromatic heterocycles. The molecule has 1 aliphatic rings. The molecule has 2 rings (SSSR count). The average molecular weight is 217 g/mol. The van der Waals surface area contributed by atoms with E-state index in [1.54, 1.807) is 0 Å². The first-order valence-corrected chi connectivity index (χ1v) is 5.64. The normalized spacial score (nSPS) is 15.2. The van der Waals surface area contributed by atoms with Crippen LogP contribution in [0.3, 0.4) is 0 Å². The predicted octanol–water partition coefficient (Wildman–Crippen LogP) is 3.75. The van der Waals surface area contributed by atoms with Crippen molar-refractivity contribution >= 4 is 5.71 Å². The summed E-state index contributed by atoms with van der Waals surface area (Å²) in [5.74, 6) is 0.382. The first-order chi connectivity index (χ1) is 7.65. The number of aliphatic imine (C=N–C) groups is 1. The Kier molecular flexibility index (Phi) is 3.18. The second kappa shape index (κ2) is 4.60. The summed E-state index contributed by atoms with van der Waals surface area (Å²) in [5, 5.41) is 0. The van der Waals surface area contributed by atoms with Gasteiger partial charge in [0.15, 0.2) is 0 Å². The maximum Gasteiger partial charge on any atom is 0.123 e. The van der Waals surface area contributed by atoms with Crippen LogP contribution in [-0.2, 0) is 6.42 Å². The highest BCUT2D eigenvalue weighted by Gasteiger charge is 2.13. The summed E-state index contributed by atoms with van der Waals surface area (Å²) in [6.45, 7) is 4.37. The molecule has 2 heteroatoms. The Labute approximate surface area is 95.7 Å². The number of hydrogen-bond donors (Lipinski definition) is 0. The van der Waals surface area contributed by atoms with E-state index in [1.165, 1.54) is 23.4 Å². The van der Waals surface area contributed by atoms with Crippen LogP contribution in [0.5, 0.6) is 0 Å². The summed E-state index contributed by atoms with van der Waals surface area (Å²) >= 11 is 0. The van der Waals surface area contributed by atoms with E-state index in [1.807, 2.05) is 18.3 Å². The quantitative estimate of drug-likeness (QED) is 0.731. The molecule has 16 heavy (non-hydrogen) atoms. The van der Waals surface area contributed by atoms with E-state index in [2.05, 4.69) is 18.8 Å². The fourth-order valence-corrected chi connectivity index (χ4v) is 1.80. The zero-order valence-corrected chi connectivity index (χ0v) is 9.70. The van der Waals surface area contributed by atoms with Gasteiger partial charge in [-0.05, 0) is 29.2 Å². The molecule has 1 aliphatic heterocycles. The summed E-state index contributed by atoms with van der Waals surface area (Å²) in [6.07, 6.45) is 3.77. The van der Waals surface area contributed by atoms with Crippen LogP contribution in [0, 0.1) is 11.7 Å². The van der Waals surface area contributed by atoms with E-state index in [-0.39, 0.29) is 5.82 Å². The fraction of sp³-hybridized carbons (Fsp3) is 0.357. The lowest BCUT2D eigenvalue weighted by atomic mass is 9.98. The third kappa shape index (κ3) is 2.57. The van der Waals surface area contributed by atoms with Crippen LogP contribution in [0.2, 0.25) is 0 Å². The monoisotopic (exact) mass is 217 g/mol. The van der Waals surface area contributed by atoms with Gasteiger partial charge < -0.3 is 0 Å². The topological polar surface area (TPSA) is 12.4 Å². The van der Waals surface area contributed by atoms with Crippen LogP contribution in [0.4, 0.5) is 4.39 Å². The molecule has 1 heterocycles. The van der Waals surface area contributed by atoms with Gasteiger partial charge in [0.1, 0.15) is 5.82 Å². The molecule has 0 unspecified atom stereocenters. The highest BCUT2D eigenvalue weighted by molar-refractivity contribution is 5.91. The van der Waals surface area contributed by atoms with Gasteiger partial charge in [-0.3, -0.25) is 4.99 Å². The lowest BCUT2D eigenvalue weighted by molar-refractivity contribution is 0.627. The Morgan fingerprint density at radius 1 is 1.25 bits per heavy atom. The molecule has 0 radical (unpaired) electrons. The zero-order chi connectivity index (χ0) is 11.5. The molecule has 0 N–H and O–H groups in total.